The fourth-order valence-corrected chi connectivity index (χ4v) is 1.82. The van der Waals surface area contributed by atoms with E-state index in [0.717, 1.165) is 18.7 Å². The molecular formula is C15H23NO. The molecule has 94 valence electrons. The zero-order valence-corrected chi connectivity index (χ0v) is 11.3. The molecule has 0 bridgehead atoms. The number of para-hydroxylation sites is 1. The van der Waals surface area contributed by atoms with Crippen molar-refractivity contribution in [2.75, 3.05) is 13.7 Å². The molecule has 2 nitrogen and oxygen atoms in total. The zero-order chi connectivity index (χ0) is 12.7. The van der Waals surface area contributed by atoms with Crippen molar-refractivity contribution in [2.45, 2.75) is 33.2 Å². The van der Waals surface area contributed by atoms with Gasteiger partial charge >= 0.3 is 0 Å². The van der Waals surface area contributed by atoms with E-state index in [1.165, 1.54) is 11.1 Å². The summed E-state index contributed by atoms with van der Waals surface area (Å²) < 4.78 is 5.42. The van der Waals surface area contributed by atoms with E-state index in [9.17, 15) is 0 Å². The summed E-state index contributed by atoms with van der Waals surface area (Å²) in [6.45, 7) is 7.42. The van der Waals surface area contributed by atoms with E-state index in [4.69, 9.17) is 4.74 Å². The van der Waals surface area contributed by atoms with Crippen LogP contribution in [-0.4, -0.2) is 13.7 Å². The molecular weight excluding hydrogens is 210 g/mol. The smallest absolute Gasteiger partial charge is 0.123 e. The van der Waals surface area contributed by atoms with Crippen LogP contribution in [0.25, 0.3) is 0 Å². The Morgan fingerprint density at radius 1 is 1.35 bits per heavy atom. The Morgan fingerprint density at radius 3 is 2.65 bits per heavy atom. The quantitative estimate of drug-likeness (QED) is 0.756. The molecule has 1 rings (SSSR count). The summed E-state index contributed by atoms with van der Waals surface area (Å²) in [6.07, 6.45) is 3.37. The number of ether oxygens (including phenoxy) is 1. The Kier molecular flexibility index (Phi) is 5.78. The van der Waals surface area contributed by atoms with Gasteiger partial charge in [-0.2, -0.15) is 0 Å². The second kappa shape index (κ2) is 7.13. The fourth-order valence-electron chi connectivity index (χ4n) is 1.82. The molecule has 0 aliphatic heterocycles. The maximum absolute atomic E-state index is 5.42. The first-order chi connectivity index (χ1) is 8.19. The van der Waals surface area contributed by atoms with Crippen LogP contribution in [0.2, 0.25) is 0 Å². The third-order valence-electron chi connectivity index (χ3n) is 2.59. The van der Waals surface area contributed by atoms with Crippen LogP contribution in [0.3, 0.4) is 0 Å². The van der Waals surface area contributed by atoms with Crippen molar-refractivity contribution in [3.05, 3.63) is 41.5 Å². The van der Waals surface area contributed by atoms with Gasteiger partial charge in [-0.1, -0.05) is 36.8 Å². The average Bonchev–Trinajstić information content (AvgIpc) is 2.34. The first kappa shape index (κ1) is 13.8. The van der Waals surface area contributed by atoms with E-state index in [1.807, 2.05) is 12.1 Å². The summed E-state index contributed by atoms with van der Waals surface area (Å²) in [5, 5.41) is 3.54. The molecule has 1 atom stereocenters. The van der Waals surface area contributed by atoms with Gasteiger partial charge in [0.1, 0.15) is 5.75 Å². The molecule has 0 spiro atoms. The van der Waals surface area contributed by atoms with Crippen LogP contribution in [0.5, 0.6) is 5.75 Å². The summed E-state index contributed by atoms with van der Waals surface area (Å²) in [5.74, 6) is 0.943. The molecule has 0 aromatic heterocycles. The van der Waals surface area contributed by atoms with Gasteiger partial charge in [-0.15, -0.1) is 0 Å². The van der Waals surface area contributed by atoms with Crippen LogP contribution >= 0.6 is 0 Å². The van der Waals surface area contributed by atoms with E-state index in [-0.39, 0.29) is 6.04 Å². The second-order valence-corrected chi connectivity index (χ2v) is 4.42. The molecule has 0 amide bonds. The molecule has 17 heavy (non-hydrogen) atoms. The summed E-state index contributed by atoms with van der Waals surface area (Å²) >= 11 is 0. The fraction of sp³-hybridized carbons (Fsp3) is 0.467. The monoisotopic (exact) mass is 233 g/mol. The predicted octanol–water partition coefficient (Wildman–Crippen LogP) is 3.70. The van der Waals surface area contributed by atoms with E-state index in [2.05, 4.69) is 44.3 Å². The largest absolute Gasteiger partial charge is 0.496 e. The van der Waals surface area contributed by atoms with Crippen LogP contribution in [0.1, 0.15) is 38.8 Å². The number of hydrogen-bond acceptors (Lipinski definition) is 2. The number of rotatable bonds is 6. The highest BCUT2D eigenvalue weighted by molar-refractivity contribution is 5.38. The van der Waals surface area contributed by atoms with Crippen molar-refractivity contribution < 1.29 is 4.74 Å². The maximum atomic E-state index is 5.42. The lowest BCUT2D eigenvalue weighted by Crippen LogP contribution is -2.21. The summed E-state index contributed by atoms with van der Waals surface area (Å²) in [6, 6.07) is 8.41. The molecule has 0 heterocycles. The van der Waals surface area contributed by atoms with Crippen molar-refractivity contribution in [3.63, 3.8) is 0 Å². The minimum atomic E-state index is 0.232. The van der Waals surface area contributed by atoms with Crippen molar-refractivity contribution in [2.24, 2.45) is 0 Å². The highest BCUT2D eigenvalue weighted by Gasteiger charge is 2.12. The average molecular weight is 233 g/mol. The first-order valence-corrected chi connectivity index (χ1v) is 6.20. The summed E-state index contributed by atoms with van der Waals surface area (Å²) in [4.78, 5) is 0. The Bertz CT molecular complexity index is 367. The van der Waals surface area contributed by atoms with Gasteiger partial charge in [-0.25, -0.2) is 0 Å². The number of methoxy groups -OCH3 is 1. The molecule has 1 N–H and O–H groups in total. The minimum absolute atomic E-state index is 0.232. The van der Waals surface area contributed by atoms with Crippen LogP contribution < -0.4 is 10.1 Å². The second-order valence-electron chi connectivity index (χ2n) is 4.42. The van der Waals surface area contributed by atoms with Gasteiger partial charge in [0.15, 0.2) is 0 Å². The lowest BCUT2D eigenvalue weighted by molar-refractivity contribution is 0.404. The van der Waals surface area contributed by atoms with E-state index in [0.29, 0.717) is 0 Å². The predicted molar refractivity (Wildman–Crippen MR) is 73.5 cm³/mol. The van der Waals surface area contributed by atoms with Crippen molar-refractivity contribution in [3.8, 4) is 5.75 Å². The van der Waals surface area contributed by atoms with Crippen molar-refractivity contribution in [1.29, 1.82) is 0 Å². The lowest BCUT2D eigenvalue weighted by atomic mass is 10.0. The molecule has 1 aromatic carbocycles. The van der Waals surface area contributed by atoms with E-state index in [1.54, 1.807) is 7.11 Å². The first-order valence-electron chi connectivity index (χ1n) is 6.20. The zero-order valence-electron chi connectivity index (χ0n) is 11.3. The number of hydrogen-bond donors (Lipinski definition) is 1. The third-order valence-corrected chi connectivity index (χ3v) is 2.59. The molecule has 0 aliphatic carbocycles. The molecule has 0 fully saturated rings. The molecule has 2 heteroatoms. The third kappa shape index (κ3) is 4.23. The number of nitrogens with one attached hydrogen (secondary N) is 1. The van der Waals surface area contributed by atoms with Gasteiger partial charge < -0.3 is 10.1 Å². The molecule has 0 radical (unpaired) electrons. The number of allylic oxidation sites excluding steroid dienone is 1. The van der Waals surface area contributed by atoms with Crippen molar-refractivity contribution in [1.82, 2.24) is 5.32 Å². The van der Waals surface area contributed by atoms with Crippen LogP contribution in [-0.2, 0) is 0 Å². The Hall–Kier alpha value is -1.28. The molecule has 0 aliphatic rings. The maximum Gasteiger partial charge on any atom is 0.123 e. The van der Waals surface area contributed by atoms with Gasteiger partial charge in [0.2, 0.25) is 0 Å². The normalized spacial score (nSPS) is 12.0. The molecule has 0 saturated heterocycles. The molecule has 1 aromatic rings. The van der Waals surface area contributed by atoms with Gasteiger partial charge in [0.05, 0.1) is 13.2 Å². The van der Waals surface area contributed by atoms with Gasteiger partial charge in [-0.3, -0.25) is 0 Å². The van der Waals surface area contributed by atoms with Crippen molar-refractivity contribution >= 4 is 0 Å². The topological polar surface area (TPSA) is 21.3 Å². The van der Waals surface area contributed by atoms with Crippen LogP contribution in [0.4, 0.5) is 0 Å². The Balaban J connectivity index is 2.98. The van der Waals surface area contributed by atoms with Crippen LogP contribution in [0.15, 0.2) is 35.9 Å². The van der Waals surface area contributed by atoms with Gasteiger partial charge in [0, 0.05) is 5.56 Å². The Labute approximate surface area is 105 Å². The molecule has 1 unspecified atom stereocenters. The van der Waals surface area contributed by atoms with E-state index >= 15 is 0 Å². The standard InChI is InChI=1S/C15H23NO/c1-5-10-16-14(11-12(2)3)13-8-6-7-9-15(13)17-4/h6-9,11,14,16H,5,10H2,1-4H3. The van der Waals surface area contributed by atoms with E-state index < -0.39 is 0 Å². The Morgan fingerprint density at radius 2 is 2.06 bits per heavy atom. The highest BCUT2D eigenvalue weighted by atomic mass is 16.5. The molecule has 0 saturated carbocycles. The van der Waals surface area contributed by atoms with Gasteiger partial charge in [0.25, 0.3) is 0 Å². The van der Waals surface area contributed by atoms with Gasteiger partial charge in [-0.05, 0) is 32.9 Å². The SMILES string of the molecule is CCCNC(C=C(C)C)c1ccccc1OC. The lowest BCUT2D eigenvalue weighted by Gasteiger charge is -2.18. The number of benzene rings is 1. The summed E-state index contributed by atoms with van der Waals surface area (Å²) in [5.41, 5.74) is 2.51. The van der Waals surface area contributed by atoms with Crippen LogP contribution in [0, 0.1) is 0 Å². The summed E-state index contributed by atoms with van der Waals surface area (Å²) in [7, 11) is 1.72. The minimum Gasteiger partial charge on any atom is -0.496 e. The highest BCUT2D eigenvalue weighted by Crippen LogP contribution is 2.26.